The van der Waals surface area contributed by atoms with E-state index in [0.717, 1.165) is 12.8 Å². The highest BCUT2D eigenvalue weighted by molar-refractivity contribution is 6.04. The van der Waals surface area contributed by atoms with Crippen LogP contribution < -0.4 is 0 Å². The van der Waals surface area contributed by atoms with Gasteiger partial charge in [0, 0.05) is 6.42 Å². The maximum absolute atomic E-state index is 11.4. The molecule has 0 radical (unpaired) electrons. The Morgan fingerprint density at radius 3 is 2.33 bits per heavy atom. The lowest BCUT2D eigenvalue weighted by molar-refractivity contribution is -0.122. The first-order chi connectivity index (χ1) is 5.73. The molecular weight excluding hydrogens is 152 g/mol. The van der Waals surface area contributed by atoms with Crippen LogP contribution in [0.3, 0.4) is 0 Å². The van der Waals surface area contributed by atoms with Crippen LogP contribution in [0.15, 0.2) is 24.3 Å². The van der Waals surface area contributed by atoms with Gasteiger partial charge in [-0.2, -0.15) is 0 Å². The lowest BCUT2D eigenvalue weighted by Crippen LogP contribution is -2.22. The van der Waals surface area contributed by atoms with Gasteiger partial charge in [-0.15, -0.1) is 0 Å². The van der Waals surface area contributed by atoms with Crippen molar-refractivity contribution in [2.45, 2.75) is 19.3 Å². The van der Waals surface area contributed by atoms with Crippen LogP contribution in [0, 0.1) is 5.41 Å². The van der Waals surface area contributed by atoms with Crippen LogP contribution in [0.1, 0.15) is 19.3 Å². The topological polar surface area (TPSA) is 34.1 Å². The smallest absolute Gasteiger partial charge is 0.178 e. The number of hydrogen-bond acceptors (Lipinski definition) is 2. The summed E-state index contributed by atoms with van der Waals surface area (Å²) in [5.41, 5.74) is -0.409. The summed E-state index contributed by atoms with van der Waals surface area (Å²) in [5.74, 6) is 0.239. The zero-order chi connectivity index (χ0) is 8.60. The van der Waals surface area contributed by atoms with Crippen molar-refractivity contribution in [3.8, 4) is 0 Å². The first kappa shape index (κ1) is 7.47. The van der Waals surface area contributed by atoms with Crippen molar-refractivity contribution in [3.05, 3.63) is 24.3 Å². The van der Waals surface area contributed by atoms with Gasteiger partial charge in [-0.1, -0.05) is 12.2 Å². The average molecular weight is 162 g/mol. The molecule has 0 heterocycles. The van der Waals surface area contributed by atoms with Crippen LogP contribution in [0.2, 0.25) is 0 Å². The van der Waals surface area contributed by atoms with Crippen LogP contribution in [-0.4, -0.2) is 11.6 Å². The molecule has 0 saturated heterocycles. The Hall–Kier alpha value is -1.18. The van der Waals surface area contributed by atoms with E-state index in [4.69, 9.17) is 0 Å². The van der Waals surface area contributed by atoms with Gasteiger partial charge in [0.25, 0.3) is 0 Å². The molecule has 0 amide bonds. The molecule has 2 aliphatic carbocycles. The molecule has 0 aromatic carbocycles. The summed E-state index contributed by atoms with van der Waals surface area (Å²) < 4.78 is 0. The molecule has 0 atom stereocenters. The molecule has 0 aromatic heterocycles. The summed E-state index contributed by atoms with van der Waals surface area (Å²) in [6, 6.07) is 0. The molecule has 0 aromatic rings. The number of carbonyl (C=O) groups excluding carboxylic acids is 2. The number of allylic oxidation sites excluding steroid dienone is 4. The Morgan fingerprint density at radius 2 is 1.83 bits per heavy atom. The van der Waals surface area contributed by atoms with E-state index in [2.05, 4.69) is 0 Å². The summed E-state index contributed by atoms with van der Waals surface area (Å²) in [6.07, 6.45) is 8.98. The standard InChI is InChI=1S/C10H10O2/c11-8-3-6-10(7-4-8)5-1-2-9(10)12/h3-4,6-7H,1-2,5H2. The van der Waals surface area contributed by atoms with Crippen LogP contribution >= 0.6 is 0 Å². The lowest BCUT2D eigenvalue weighted by atomic mass is 9.81. The van der Waals surface area contributed by atoms with E-state index in [1.54, 1.807) is 12.2 Å². The highest BCUT2D eigenvalue weighted by Crippen LogP contribution is 2.38. The van der Waals surface area contributed by atoms with Gasteiger partial charge in [-0.3, -0.25) is 9.59 Å². The van der Waals surface area contributed by atoms with Gasteiger partial charge in [0.15, 0.2) is 5.78 Å². The molecular formula is C10H10O2. The summed E-state index contributed by atoms with van der Waals surface area (Å²) in [7, 11) is 0. The van der Waals surface area contributed by atoms with Gasteiger partial charge in [-0.25, -0.2) is 0 Å². The first-order valence-electron chi connectivity index (χ1n) is 4.19. The molecule has 1 spiro atoms. The Morgan fingerprint density at radius 1 is 1.17 bits per heavy atom. The lowest BCUT2D eigenvalue weighted by Gasteiger charge is -2.20. The van der Waals surface area contributed by atoms with Crippen molar-refractivity contribution in [2.75, 3.05) is 0 Å². The molecule has 0 aliphatic heterocycles. The van der Waals surface area contributed by atoms with Gasteiger partial charge in [0.05, 0.1) is 5.41 Å². The normalized spacial score (nSPS) is 25.7. The van der Waals surface area contributed by atoms with Crippen molar-refractivity contribution in [1.82, 2.24) is 0 Å². The van der Waals surface area contributed by atoms with E-state index in [-0.39, 0.29) is 11.6 Å². The second-order valence-corrected chi connectivity index (χ2v) is 3.39. The second-order valence-electron chi connectivity index (χ2n) is 3.39. The minimum atomic E-state index is -0.409. The van der Waals surface area contributed by atoms with Crippen molar-refractivity contribution in [1.29, 1.82) is 0 Å². The Balaban J connectivity index is 2.34. The Labute approximate surface area is 71.0 Å². The molecule has 1 fully saturated rings. The van der Waals surface area contributed by atoms with E-state index in [1.165, 1.54) is 12.2 Å². The predicted molar refractivity (Wildman–Crippen MR) is 44.6 cm³/mol. The van der Waals surface area contributed by atoms with E-state index in [9.17, 15) is 9.59 Å². The molecule has 0 N–H and O–H groups in total. The average Bonchev–Trinajstić information content (AvgIpc) is 2.41. The number of Topliss-reactive ketones (excluding diaryl/α,β-unsaturated/α-hetero) is 1. The van der Waals surface area contributed by atoms with Gasteiger partial charge in [0.1, 0.15) is 5.78 Å². The number of carbonyl (C=O) groups is 2. The molecule has 0 unspecified atom stereocenters. The van der Waals surface area contributed by atoms with Crippen LogP contribution in [-0.2, 0) is 9.59 Å². The highest BCUT2D eigenvalue weighted by Gasteiger charge is 2.38. The fourth-order valence-corrected chi connectivity index (χ4v) is 1.84. The molecule has 62 valence electrons. The largest absolute Gasteiger partial charge is 0.298 e. The monoisotopic (exact) mass is 162 g/mol. The Bertz CT molecular complexity index is 281. The van der Waals surface area contributed by atoms with Crippen LogP contribution in [0.4, 0.5) is 0 Å². The van der Waals surface area contributed by atoms with Crippen molar-refractivity contribution >= 4 is 11.6 Å². The van der Waals surface area contributed by atoms with E-state index >= 15 is 0 Å². The summed E-state index contributed by atoms with van der Waals surface area (Å²) in [4.78, 5) is 22.3. The number of ketones is 2. The second kappa shape index (κ2) is 2.41. The number of rotatable bonds is 0. The molecule has 12 heavy (non-hydrogen) atoms. The number of hydrogen-bond donors (Lipinski definition) is 0. The van der Waals surface area contributed by atoms with Crippen LogP contribution in [0.25, 0.3) is 0 Å². The highest BCUT2D eigenvalue weighted by atomic mass is 16.1. The zero-order valence-electron chi connectivity index (χ0n) is 6.75. The fourth-order valence-electron chi connectivity index (χ4n) is 1.84. The molecule has 2 nitrogen and oxygen atoms in total. The SMILES string of the molecule is O=C1C=CC2(C=C1)CCCC2=O. The first-order valence-corrected chi connectivity index (χ1v) is 4.19. The fraction of sp³-hybridized carbons (Fsp3) is 0.400. The van der Waals surface area contributed by atoms with Crippen molar-refractivity contribution in [2.24, 2.45) is 5.41 Å². The van der Waals surface area contributed by atoms with E-state index in [1.807, 2.05) is 0 Å². The maximum Gasteiger partial charge on any atom is 0.178 e. The minimum absolute atomic E-state index is 0.0136. The van der Waals surface area contributed by atoms with Crippen LogP contribution in [0.5, 0.6) is 0 Å². The third-order valence-electron chi connectivity index (χ3n) is 2.60. The van der Waals surface area contributed by atoms with Gasteiger partial charge in [0.2, 0.25) is 0 Å². The van der Waals surface area contributed by atoms with Crippen molar-refractivity contribution in [3.63, 3.8) is 0 Å². The summed E-state index contributed by atoms with van der Waals surface area (Å²) >= 11 is 0. The summed E-state index contributed by atoms with van der Waals surface area (Å²) in [6.45, 7) is 0. The molecule has 1 saturated carbocycles. The minimum Gasteiger partial charge on any atom is -0.298 e. The molecule has 2 heteroatoms. The zero-order valence-corrected chi connectivity index (χ0v) is 6.75. The van der Waals surface area contributed by atoms with Gasteiger partial charge < -0.3 is 0 Å². The third kappa shape index (κ3) is 0.951. The molecule has 0 bridgehead atoms. The third-order valence-corrected chi connectivity index (χ3v) is 2.60. The molecule has 2 aliphatic rings. The Kier molecular flexibility index (Phi) is 1.50. The quantitative estimate of drug-likeness (QED) is 0.539. The molecule has 2 rings (SSSR count). The van der Waals surface area contributed by atoms with E-state index < -0.39 is 5.41 Å². The predicted octanol–water partition coefficient (Wildman–Crippen LogP) is 1.42. The van der Waals surface area contributed by atoms with Gasteiger partial charge in [-0.05, 0) is 25.0 Å². The maximum atomic E-state index is 11.4. The summed E-state index contributed by atoms with van der Waals surface area (Å²) in [5, 5.41) is 0. The van der Waals surface area contributed by atoms with Crippen molar-refractivity contribution < 1.29 is 9.59 Å². The van der Waals surface area contributed by atoms with E-state index in [0.29, 0.717) is 6.42 Å². The van der Waals surface area contributed by atoms with Gasteiger partial charge >= 0.3 is 0 Å².